The van der Waals surface area contributed by atoms with Gasteiger partial charge in [-0.3, -0.25) is 0 Å². The van der Waals surface area contributed by atoms with Gasteiger partial charge in [0.2, 0.25) is 10.0 Å². The van der Waals surface area contributed by atoms with Gasteiger partial charge < -0.3 is 14.5 Å². The molecule has 28 heavy (non-hydrogen) atoms. The van der Waals surface area contributed by atoms with Gasteiger partial charge in [0.05, 0.1) is 36.6 Å². The van der Waals surface area contributed by atoms with Gasteiger partial charge >= 0.3 is 12.2 Å². The molecule has 12 heteroatoms. The number of carbonyl (C=O) groups is 1. The minimum atomic E-state index is -4.62. The van der Waals surface area contributed by atoms with Crippen LogP contribution in [0, 0.1) is 5.82 Å². The highest BCUT2D eigenvalue weighted by Crippen LogP contribution is 2.30. The molecule has 1 atom stereocenters. The van der Waals surface area contributed by atoms with E-state index >= 15 is 0 Å². The molecule has 0 radical (unpaired) electrons. The summed E-state index contributed by atoms with van der Waals surface area (Å²) in [5, 5.41) is 4.32. The largest absolute Gasteiger partial charge is 0.416 e. The van der Waals surface area contributed by atoms with Crippen molar-refractivity contribution in [2.24, 2.45) is 5.14 Å². The molecule has 2 aliphatic heterocycles. The summed E-state index contributed by atoms with van der Waals surface area (Å²) in [6.45, 7) is 0.582. The summed E-state index contributed by atoms with van der Waals surface area (Å²) in [5.74, 6) is -1.01. The lowest BCUT2D eigenvalue weighted by Gasteiger charge is -2.40. The van der Waals surface area contributed by atoms with Gasteiger partial charge in [0.25, 0.3) is 0 Å². The number of nitrogens with two attached hydrogens (primary N) is 1. The van der Waals surface area contributed by atoms with E-state index in [9.17, 15) is 30.8 Å². The van der Waals surface area contributed by atoms with Crippen molar-refractivity contribution in [2.75, 3.05) is 26.2 Å². The fourth-order valence-corrected chi connectivity index (χ4v) is 3.94. The third kappa shape index (κ3) is 4.55. The minimum absolute atomic E-state index is 0.00619. The highest BCUT2D eigenvalue weighted by molar-refractivity contribution is 7.89. The summed E-state index contributed by atoms with van der Waals surface area (Å²) in [7, 11) is -3.69. The summed E-state index contributed by atoms with van der Waals surface area (Å²) in [5.41, 5.74) is -1.08. The molecule has 1 aromatic carbocycles. The van der Waals surface area contributed by atoms with Crippen molar-refractivity contribution in [3.05, 3.63) is 35.1 Å². The first-order valence-electron chi connectivity index (χ1n) is 8.48. The smallest absolute Gasteiger partial charge is 0.370 e. The Morgan fingerprint density at radius 2 is 1.89 bits per heavy atom. The molecule has 7 nitrogen and oxygen atoms in total. The molecule has 3 rings (SSSR count). The number of nitrogens with zero attached hydrogens (tertiary/aromatic N) is 2. The summed E-state index contributed by atoms with van der Waals surface area (Å²) in [6.07, 6.45) is -4.71. The molecule has 2 heterocycles. The Balaban J connectivity index is 1.46. The molecule has 0 aromatic heterocycles. The number of carbonyl (C=O) groups excluding carboxylic acids is 1. The molecule has 2 aliphatic rings. The van der Waals surface area contributed by atoms with Crippen LogP contribution in [-0.4, -0.2) is 61.8 Å². The number of primary sulfonamides is 1. The molecule has 0 bridgehead atoms. The Bertz CT molecular complexity index is 856. The normalized spacial score (nSPS) is 21.1. The van der Waals surface area contributed by atoms with E-state index in [-0.39, 0.29) is 50.4 Å². The first-order valence-corrected chi connectivity index (χ1v) is 10.1. The number of rotatable bonds is 4. The van der Waals surface area contributed by atoms with Crippen molar-refractivity contribution >= 4 is 16.1 Å². The van der Waals surface area contributed by atoms with Gasteiger partial charge in [-0.05, 0) is 18.6 Å². The second-order valence-corrected chi connectivity index (χ2v) is 8.71. The predicted molar refractivity (Wildman–Crippen MR) is 90.0 cm³/mol. The minimum Gasteiger partial charge on any atom is -0.370 e. The van der Waals surface area contributed by atoms with Gasteiger partial charge in [0.15, 0.2) is 0 Å². The van der Waals surface area contributed by atoms with Crippen LogP contribution in [0.3, 0.4) is 0 Å². The zero-order valence-electron chi connectivity index (χ0n) is 14.7. The number of likely N-dealkylation sites (tertiary alicyclic amines) is 2. The summed E-state index contributed by atoms with van der Waals surface area (Å²) < 4.78 is 79.5. The number of amides is 2. The van der Waals surface area contributed by atoms with Crippen LogP contribution in [0.15, 0.2) is 18.2 Å². The molecule has 0 saturated carbocycles. The maximum atomic E-state index is 13.8. The van der Waals surface area contributed by atoms with E-state index in [1.54, 1.807) is 0 Å². The number of hydrogen-bond donors (Lipinski definition) is 1. The lowest BCUT2D eigenvalue weighted by atomic mass is 10.1. The number of alkyl halides is 3. The number of urea groups is 1. The summed E-state index contributed by atoms with van der Waals surface area (Å²) >= 11 is 0. The molecule has 2 saturated heterocycles. The summed E-state index contributed by atoms with van der Waals surface area (Å²) in [4.78, 5) is 15.2. The maximum absolute atomic E-state index is 13.8. The van der Waals surface area contributed by atoms with Crippen LogP contribution in [0.25, 0.3) is 0 Å². The zero-order valence-corrected chi connectivity index (χ0v) is 15.5. The average molecular weight is 425 g/mol. The number of ether oxygens (including phenoxy) is 1. The van der Waals surface area contributed by atoms with E-state index in [0.29, 0.717) is 12.6 Å². The average Bonchev–Trinajstić information content (AvgIpc) is 3.03. The van der Waals surface area contributed by atoms with Crippen molar-refractivity contribution in [2.45, 2.75) is 30.6 Å². The number of halogens is 4. The molecule has 1 aromatic rings. The third-order valence-electron chi connectivity index (χ3n) is 4.85. The topological polar surface area (TPSA) is 92.9 Å². The molecule has 1 unspecified atom stereocenters. The van der Waals surface area contributed by atoms with E-state index in [2.05, 4.69) is 0 Å². The van der Waals surface area contributed by atoms with E-state index in [1.165, 1.54) is 9.80 Å². The molecule has 2 amide bonds. The quantitative estimate of drug-likeness (QED) is 0.741. The second-order valence-electron chi connectivity index (χ2n) is 6.87. The Morgan fingerprint density at radius 3 is 2.43 bits per heavy atom. The van der Waals surface area contributed by atoms with E-state index in [1.807, 2.05) is 0 Å². The Morgan fingerprint density at radius 1 is 1.21 bits per heavy atom. The van der Waals surface area contributed by atoms with E-state index in [0.717, 1.165) is 12.1 Å². The lowest BCUT2D eigenvalue weighted by Crippen LogP contribution is -2.58. The molecule has 2 fully saturated rings. The third-order valence-corrected chi connectivity index (χ3v) is 6.17. The van der Waals surface area contributed by atoms with Crippen LogP contribution in [0.4, 0.5) is 22.4 Å². The lowest BCUT2D eigenvalue weighted by molar-refractivity contribution is -0.137. The summed E-state index contributed by atoms with van der Waals surface area (Å²) in [6, 6.07) is 1.90. The van der Waals surface area contributed by atoms with Crippen molar-refractivity contribution in [3.8, 4) is 0 Å². The monoisotopic (exact) mass is 425 g/mol. The number of hydrogen-bond acceptors (Lipinski definition) is 4. The van der Waals surface area contributed by atoms with E-state index < -0.39 is 32.8 Å². The van der Waals surface area contributed by atoms with Crippen LogP contribution in [0.1, 0.15) is 17.5 Å². The zero-order chi connectivity index (χ0) is 20.7. The van der Waals surface area contributed by atoms with Gasteiger partial charge in [-0.2, -0.15) is 13.2 Å². The Kier molecular flexibility index (Phi) is 5.56. The fraction of sp³-hybridized carbons (Fsp3) is 0.562. The van der Waals surface area contributed by atoms with Crippen LogP contribution in [0.2, 0.25) is 0 Å². The number of sulfonamides is 1. The van der Waals surface area contributed by atoms with Crippen molar-refractivity contribution in [3.63, 3.8) is 0 Å². The second kappa shape index (κ2) is 7.48. The molecular formula is C16H19F4N3O4S. The van der Waals surface area contributed by atoms with Crippen molar-refractivity contribution in [1.29, 1.82) is 0 Å². The van der Waals surface area contributed by atoms with Crippen LogP contribution >= 0.6 is 0 Å². The molecule has 0 aliphatic carbocycles. The van der Waals surface area contributed by atoms with Crippen LogP contribution < -0.4 is 5.14 Å². The van der Waals surface area contributed by atoms with Gasteiger partial charge in [0, 0.05) is 18.7 Å². The molecule has 0 spiro atoms. The Labute approximate surface area is 159 Å². The van der Waals surface area contributed by atoms with Gasteiger partial charge in [-0.1, -0.05) is 6.07 Å². The molecule has 2 N–H and O–H groups in total. The first kappa shape index (κ1) is 20.8. The van der Waals surface area contributed by atoms with Gasteiger partial charge in [-0.25, -0.2) is 22.7 Å². The fourth-order valence-electron chi connectivity index (χ4n) is 3.12. The number of benzene rings is 1. The SMILES string of the molecule is NS(=O)(=O)C1CCN(C(=O)N2CC(OCc3ccc(C(F)(F)F)cc3F)C2)C1. The highest BCUT2D eigenvalue weighted by atomic mass is 32.2. The van der Waals surface area contributed by atoms with Crippen molar-refractivity contribution in [1.82, 2.24) is 9.80 Å². The first-order chi connectivity index (χ1) is 12.9. The Hall–Kier alpha value is -1.92. The van der Waals surface area contributed by atoms with Crippen LogP contribution in [0.5, 0.6) is 0 Å². The van der Waals surface area contributed by atoms with Gasteiger partial charge in [0.1, 0.15) is 5.82 Å². The highest BCUT2D eigenvalue weighted by Gasteiger charge is 2.39. The standard InChI is InChI=1S/C16H19F4N3O4S/c17-14-5-11(16(18,19)20)2-1-10(14)9-27-12-6-23(7-12)15(24)22-4-3-13(8-22)28(21,25)26/h1-2,5,12-13H,3-4,6-9H2,(H2,21,25,26). The maximum Gasteiger partial charge on any atom is 0.416 e. The van der Waals surface area contributed by atoms with Crippen molar-refractivity contribution < 1.29 is 35.5 Å². The predicted octanol–water partition coefficient (Wildman–Crippen LogP) is 1.53. The molecule has 156 valence electrons. The van der Waals surface area contributed by atoms with Crippen LogP contribution in [-0.2, 0) is 27.5 Å². The molecular weight excluding hydrogens is 406 g/mol. The van der Waals surface area contributed by atoms with E-state index in [4.69, 9.17) is 9.88 Å². The van der Waals surface area contributed by atoms with Gasteiger partial charge in [-0.15, -0.1) is 0 Å².